The monoisotopic (exact) mass is 302 g/mol. The van der Waals surface area contributed by atoms with Gasteiger partial charge < -0.3 is 5.73 Å². The van der Waals surface area contributed by atoms with Crippen molar-refractivity contribution in [2.45, 2.75) is 6.92 Å². The lowest BCUT2D eigenvalue weighted by Crippen LogP contribution is -2.00. The second-order valence-corrected chi connectivity index (χ2v) is 5.29. The zero-order valence-corrected chi connectivity index (χ0v) is 12.5. The van der Waals surface area contributed by atoms with Crippen LogP contribution in [0.25, 0.3) is 28.2 Å². The van der Waals surface area contributed by atoms with Crippen molar-refractivity contribution in [1.29, 1.82) is 0 Å². The van der Waals surface area contributed by atoms with Gasteiger partial charge in [-0.1, -0.05) is 6.07 Å². The van der Waals surface area contributed by atoms with E-state index in [2.05, 4.69) is 19.9 Å². The van der Waals surface area contributed by atoms with E-state index in [9.17, 15) is 0 Å². The smallest absolute Gasteiger partial charge is 0.220 e. The summed E-state index contributed by atoms with van der Waals surface area (Å²) in [5.74, 6) is 0.254. The molecule has 0 aromatic carbocycles. The maximum Gasteiger partial charge on any atom is 0.220 e. The molecule has 0 atom stereocenters. The Bertz CT molecular complexity index is 991. The Balaban J connectivity index is 1.93. The number of imidazole rings is 1. The predicted octanol–water partition coefficient (Wildman–Crippen LogP) is 2.74. The summed E-state index contributed by atoms with van der Waals surface area (Å²) in [5.41, 5.74) is 11.3. The van der Waals surface area contributed by atoms with E-state index in [0.717, 1.165) is 33.7 Å². The summed E-state index contributed by atoms with van der Waals surface area (Å²) in [5, 5.41) is 0. The number of aromatic nitrogens is 5. The molecule has 6 nitrogen and oxygen atoms in total. The number of fused-ring (bicyclic) bond motifs is 1. The van der Waals surface area contributed by atoms with Gasteiger partial charge in [0.2, 0.25) is 5.95 Å². The second kappa shape index (κ2) is 5.17. The normalized spacial score (nSPS) is 11.0. The van der Waals surface area contributed by atoms with Crippen LogP contribution < -0.4 is 5.73 Å². The molecule has 23 heavy (non-hydrogen) atoms. The van der Waals surface area contributed by atoms with E-state index in [1.807, 2.05) is 48.0 Å². The van der Waals surface area contributed by atoms with Crippen LogP contribution >= 0.6 is 0 Å². The first-order chi connectivity index (χ1) is 11.2. The number of hydrogen-bond acceptors (Lipinski definition) is 5. The van der Waals surface area contributed by atoms with Gasteiger partial charge in [-0.15, -0.1) is 0 Å². The van der Waals surface area contributed by atoms with Gasteiger partial charge in [0.05, 0.1) is 17.6 Å². The molecule has 0 bridgehead atoms. The molecular formula is C17H14N6. The second-order valence-electron chi connectivity index (χ2n) is 5.29. The van der Waals surface area contributed by atoms with Gasteiger partial charge in [0.15, 0.2) is 0 Å². The molecule has 0 unspecified atom stereocenters. The Morgan fingerprint density at radius 1 is 1.00 bits per heavy atom. The molecule has 0 spiro atoms. The highest BCUT2D eigenvalue weighted by Crippen LogP contribution is 2.25. The minimum atomic E-state index is 0.254. The van der Waals surface area contributed by atoms with Crippen molar-refractivity contribution in [2.75, 3.05) is 5.73 Å². The highest BCUT2D eigenvalue weighted by molar-refractivity contribution is 5.68. The Hall–Kier alpha value is -3.28. The zero-order valence-electron chi connectivity index (χ0n) is 12.5. The molecule has 4 rings (SSSR count). The van der Waals surface area contributed by atoms with E-state index in [4.69, 9.17) is 5.73 Å². The van der Waals surface area contributed by atoms with E-state index in [0.29, 0.717) is 0 Å². The molecule has 0 aliphatic heterocycles. The lowest BCUT2D eigenvalue weighted by atomic mass is 10.1. The molecule has 4 aromatic heterocycles. The average Bonchev–Trinajstić information content (AvgIpc) is 3.01. The Kier molecular flexibility index (Phi) is 3.01. The molecule has 4 aromatic rings. The Morgan fingerprint density at radius 2 is 1.91 bits per heavy atom. The fourth-order valence-corrected chi connectivity index (χ4v) is 2.58. The molecule has 6 heteroatoms. The largest absolute Gasteiger partial charge is 0.368 e. The van der Waals surface area contributed by atoms with Gasteiger partial charge in [-0.25, -0.2) is 15.0 Å². The highest BCUT2D eigenvalue weighted by Gasteiger charge is 2.12. The van der Waals surface area contributed by atoms with Crippen LogP contribution in [0.15, 0.2) is 55.2 Å². The third kappa shape index (κ3) is 2.30. The molecule has 4 heterocycles. The molecular weight excluding hydrogens is 288 g/mol. The number of hydrogen-bond donors (Lipinski definition) is 1. The van der Waals surface area contributed by atoms with Gasteiger partial charge in [-0.2, -0.15) is 0 Å². The minimum Gasteiger partial charge on any atom is -0.368 e. The highest BCUT2D eigenvalue weighted by atomic mass is 15.0. The van der Waals surface area contributed by atoms with Crippen molar-refractivity contribution in [3.05, 3.63) is 60.8 Å². The first kappa shape index (κ1) is 13.4. The summed E-state index contributed by atoms with van der Waals surface area (Å²) in [6.07, 6.45) is 9.16. The molecule has 0 radical (unpaired) electrons. The van der Waals surface area contributed by atoms with Crippen molar-refractivity contribution in [2.24, 2.45) is 0 Å². The number of nitrogens with zero attached hydrogens (tertiary/aromatic N) is 5. The molecule has 0 saturated carbocycles. The van der Waals surface area contributed by atoms with Crippen molar-refractivity contribution in [3.63, 3.8) is 0 Å². The van der Waals surface area contributed by atoms with Crippen LogP contribution in [-0.4, -0.2) is 24.3 Å². The van der Waals surface area contributed by atoms with Crippen LogP contribution in [0.3, 0.4) is 0 Å². The van der Waals surface area contributed by atoms with Gasteiger partial charge >= 0.3 is 0 Å². The number of aryl methyl sites for hydroxylation is 1. The molecule has 0 amide bonds. The van der Waals surface area contributed by atoms with E-state index in [1.54, 1.807) is 18.6 Å². The van der Waals surface area contributed by atoms with Gasteiger partial charge in [0.25, 0.3) is 0 Å². The average molecular weight is 302 g/mol. The molecule has 0 fully saturated rings. The van der Waals surface area contributed by atoms with Gasteiger partial charge in [-0.3, -0.25) is 9.38 Å². The van der Waals surface area contributed by atoms with Crippen molar-refractivity contribution >= 4 is 11.6 Å². The Morgan fingerprint density at radius 3 is 2.74 bits per heavy atom. The maximum absolute atomic E-state index is 5.74. The fourth-order valence-electron chi connectivity index (χ4n) is 2.58. The summed E-state index contributed by atoms with van der Waals surface area (Å²) >= 11 is 0. The number of anilines is 1. The quantitative estimate of drug-likeness (QED) is 0.615. The third-order valence-electron chi connectivity index (χ3n) is 3.73. The van der Waals surface area contributed by atoms with Crippen LogP contribution in [0.2, 0.25) is 0 Å². The molecule has 0 aliphatic carbocycles. The topological polar surface area (TPSA) is 82.0 Å². The van der Waals surface area contributed by atoms with Crippen molar-refractivity contribution in [1.82, 2.24) is 24.3 Å². The molecule has 112 valence electrons. The minimum absolute atomic E-state index is 0.254. The van der Waals surface area contributed by atoms with Crippen molar-refractivity contribution in [3.8, 4) is 22.5 Å². The summed E-state index contributed by atoms with van der Waals surface area (Å²) in [4.78, 5) is 17.0. The SMILES string of the molecule is Cc1cnc(N)nc1-c1cnc2ccc(-c3cccnc3)cn12. The van der Waals surface area contributed by atoms with Crippen LogP contribution in [0, 0.1) is 6.92 Å². The zero-order chi connectivity index (χ0) is 15.8. The van der Waals surface area contributed by atoms with Crippen LogP contribution in [0.4, 0.5) is 5.95 Å². The molecule has 2 N–H and O–H groups in total. The number of pyridine rings is 2. The van der Waals surface area contributed by atoms with E-state index >= 15 is 0 Å². The van der Waals surface area contributed by atoms with Gasteiger partial charge in [0, 0.05) is 35.9 Å². The summed E-state index contributed by atoms with van der Waals surface area (Å²) in [7, 11) is 0. The fraction of sp³-hybridized carbons (Fsp3) is 0.0588. The number of nitrogens with two attached hydrogens (primary N) is 1. The standard InChI is InChI=1S/C17H14N6/c1-11-7-21-17(18)22-16(11)14-9-20-15-5-4-13(10-23(14)15)12-3-2-6-19-8-12/h2-10H,1H3,(H2,18,21,22). The predicted molar refractivity (Wildman–Crippen MR) is 88.6 cm³/mol. The van der Waals surface area contributed by atoms with Gasteiger partial charge in [0.1, 0.15) is 5.65 Å². The first-order valence-corrected chi connectivity index (χ1v) is 7.19. The van der Waals surface area contributed by atoms with Crippen LogP contribution in [0.5, 0.6) is 0 Å². The third-order valence-corrected chi connectivity index (χ3v) is 3.73. The lowest BCUT2D eigenvalue weighted by molar-refractivity contribution is 1.11. The van der Waals surface area contributed by atoms with E-state index < -0.39 is 0 Å². The summed E-state index contributed by atoms with van der Waals surface area (Å²) < 4.78 is 2.01. The van der Waals surface area contributed by atoms with E-state index in [1.165, 1.54) is 0 Å². The number of nitrogen functional groups attached to an aromatic ring is 1. The molecule has 0 saturated heterocycles. The lowest BCUT2D eigenvalue weighted by Gasteiger charge is -2.07. The Labute approximate surface area is 132 Å². The first-order valence-electron chi connectivity index (χ1n) is 7.19. The van der Waals surface area contributed by atoms with Crippen LogP contribution in [0.1, 0.15) is 5.56 Å². The summed E-state index contributed by atoms with van der Waals surface area (Å²) in [6.45, 7) is 1.96. The molecule has 0 aliphatic rings. The van der Waals surface area contributed by atoms with Crippen LogP contribution in [-0.2, 0) is 0 Å². The van der Waals surface area contributed by atoms with Gasteiger partial charge in [-0.05, 0) is 30.7 Å². The maximum atomic E-state index is 5.74. The van der Waals surface area contributed by atoms with Crippen molar-refractivity contribution < 1.29 is 0 Å². The summed E-state index contributed by atoms with van der Waals surface area (Å²) in [6, 6.07) is 7.96. The van der Waals surface area contributed by atoms with E-state index in [-0.39, 0.29) is 5.95 Å². The number of rotatable bonds is 2.